The van der Waals surface area contributed by atoms with E-state index in [2.05, 4.69) is 45.9 Å². The molecule has 0 aromatic carbocycles. The Kier molecular flexibility index (Phi) is 4.00. The second-order valence-corrected chi connectivity index (χ2v) is 12.5. The zero-order chi connectivity index (χ0) is 16.1. The first-order valence-electron chi connectivity index (χ1n) is 7.46. The maximum absolute atomic E-state index is 12.9. The minimum atomic E-state index is -2.15. The van der Waals surface area contributed by atoms with Gasteiger partial charge in [0.2, 0.25) is 11.5 Å². The highest BCUT2D eigenvalue weighted by molar-refractivity contribution is 6.74. The number of hydroxylamine groups is 1. The summed E-state index contributed by atoms with van der Waals surface area (Å²) in [7, 11) is -2.15. The van der Waals surface area contributed by atoms with Crippen LogP contribution in [0.3, 0.4) is 0 Å². The molecular weight excluding hydrogens is 286 g/mol. The zero-order valence-corrected chi connectivity index (χ0v) is 14.7. The van der Waals surface area contributed by atoms with Crippen molar-refractivity contribution in [2.45, 2.75) is 63.1 Å². The first-order valence-corrected chi connectivity index (χ1v) is 10.4. The van der Waals surface area contributed by atoms with Gasteiger partial charge in [0, 0.05) is 12.3 Å². The van der Waals surface area contributed by atoms with Gasteiger partial charge in [0.05, 0.1) is 6.61 Å². The number of carbonyl (C=O) groups is 1. The topological polar surface area (TPSA) is 67.8 Å². The van der Waals surface area contributed by atoms with Gasteiger partial charge in [-0.05, 0) is 24.6 Å². The molecule has 0 amide bonds. The number of aliphatic hydroxyl groups is 1. The molecule has 2 rings (SSSR count). The van der Waals surface area contributed by atoms with E-state index in [4.69, 9.17) is 9.26 Å². The summed E-state index contributed by atoms with van der Waals surface area (Å²) in [4.78, 5) is 17.9. The number of hydrogen-bond acceptors (Lipinski definition) is 5. The molecular formula is C15H27NO4Si. The highest BCUT2D eigenvalue weighted by Crippen LogP contribution is 2.49. The molecule has 5 nitrogen and oxygen atoms in total. The lowest BCUT2D eigenvalue weighted by molar-refractivity contribution is -0.156. The van der Waals surface area contributed by atoms with E-state index in [1.54, 1.807) is 6.08 Å². The van der Waals surface area contributed by atoms with Gasteiger partial charge in [-0.25, -0.2) is 0 Å². The summed E-state index contributed by atoms with van der Waals surface area (Å²) in [6, 6.07) is 0. The normalized spacial score (nSPS) is 36.9. The maximum Gasteiger partial charge on any atom is 0.212 e. The van der Waals surface area contributed by atoms with Crippen molar-refractivity contribution in [2.75, 3.05) is 6.61 Å². The van der Waals surface area contributed by atoms with E-state index in [0.717, 1.165) is 0 Å². The molecule has 3 atom stereocenters. The fourth-order valence-corrected chi connectivity index (χ4v) is 4.46. The van der Waals surface area contributed by atoms with Gasteiger partial charge < -0.3 is 9.53 Å². The fourth-order valence-electron chi connectivity index (χ4n) is 2.91. The van der Waals surface area contributed by atoms with Crippen LogP contribution in [-0.4, -0.2) is 37.1 Å². The molecule has 0 spiro atoms. The van der Waals surface area contributed by atoms with Crippen molar-refractivity contribution in [2.24, 2.45) is 5.92 Å². The van der Waals surface area contributed by atoms with Gasteiger partial charge in [-0.15, -0.1) is 6.58 Å². The molecule has 2 N–H and O–H groups in total. The minimum absolute atomic E-state index is 0.00824. The van der Waals surface area contributed by atoms with E-state index >= 15 is 0 Å². The monoisotopic (exact) mass is 313 g/mol. The Balaban J connectivity index is 2.36. The Morgan fingerprint density at radius 3 is 2.67 bits per heavy atom. The molecule has 1 saturated heterocycles. The van der Waals surface area contributed by atoms with Crippen LogP contribution < -0.4 is 5.48 Å². The van der Waals surface area contributed by atoms with E-state index in [9.17, 15) is 9.90 Å². The molecule has 6 heteroatoms. The van der Waals surface area contributed by atoms with Crippen LogP contribution in [0.5, 0.6) is 0 Å². The summed E-state index contributed by atoms with van der Waals surface area (Å²) < 4.78 is 6.47. The average Bonchev–Trinajstić information content (AvgIpc) is 2.76. The lowest BCUT2D eigenvalue weighted by Crippen LogP contribution is -2.57. The molecule has 3 unspecified atom stereocenters. The first-order chi connectivity index (χ1) is 9.48. The van der Waals surface area contributed by atoms with Gasteiger partial charge in [0.1, 0.15) is 5.60 Å². The van der Waals surface area contributed by atoms with Crippen molar-refractivity contribution in [1.29, 1.82) is 0 Å². The Labute approximate surface area is 127 Å². The van der Waals surface area contributed by atoms with Crippen LogP contribution >= 0.6 is 0 Å². The van der Waals surface area contributed by atoms with Gasteiger partial charge in [0.15, 0.2) is 8.32 Å². The molecule has 0 radical (unpaired) electrons. The summed E-state index contributed by atoms with van der Waals surface area (Å²) in [6.07, 6.45) is 2.59. The van der Waals surface area contributed by atoms with Crippen LogP contribution in [0, 0.1) is 5.92 Å². The average molecular weight is 313 g/mol. The lowest BCUT2D eigenvalue weighted by atomic mass is 9.95. The zero-order valence-electron chi connectivity index (χ0n) is 13.7. The number of carbonyl (C=O) groups excluding carboxylic acids is 1. The number of ketones is 1. The Hall–Kier alpha value is -0.533. The summed E-state index contributed by atoms with van der Waals surface area (Å²) in [5, 5.41) is 10.6. The predicted octanol–water partition coefficient (Wildman–Crippen LogP) is 2.14. The van der Waals surface area contributed by atoms with E-state index in [0.29, 0.717) is 19.4 Å². The maximum atomic E-state index is 12.9. The van der Waals surface area contributed by atoms with Crippen molar-refractivity contribution >= 4 is 14.1 Å². The van der Waals surface area contributed by atoms with Crippen LogP contribution in [0.15, 0.2) is 12.7 Å². The van der Waals surface area contributed by atoms with Crippen LogP contribution in [0.2, 0.25) is 18.1 Å². The van der Waals surface area contributed by atoms with Gasteiger partial charge in [-0.3, -0.25) is 9.63 Å². The second-order valence-electron chi connectivity index (χ2n) is 7.76. The standard InChI is InChI=1S/C15H27NO4Si/c1-7-8-14(20-21(5,6)13(2,3)4)9-11-10-19-16-15(11,18)12(14)17/h7,11,16,18H,1,8-10H2,2-6H3. The predicted molar refractivity (Wildman–Crippen MR) is 83.0 cm³/mol. The summed E-state index contributed by atoms with van der Waals surface area (Å²) >= 11 is 0. The van der Waals surface area contributed by atoms with Crippen molar-refractivity contribution < 1.29 is 19.2 Å². The van der Waals surface area contributed by atoms with E-state index < -0.39 is 19.6 Å². The van der Waals surface area contributed by atoms with Crippen molar-refractivity contribution in [3.63, 3.8) is 0 Å². The summed E-state index contributed by atoms with van der Waals surface area (Å²) in [6.45, 7) is 14.7. The highest BCUT2D eigenvalue weighted by atomic mass is 28.4. The van der Waals surface area contributed by atoms with Gasteiger partial charge in [-0.1, -0.05) is 26.8 Å². The Morgan fingerprint density at radius 2 is 2.19 bits per heavy atom. The van der Waals surface area contributed by atoms with Crippen LogP contribution in [-0.2, 0) is 14.1 Å². The van der Waals surface area contributed by atoms with E-state index in [1.165, 1.54) is 0 Å². The molecule has 1 aliphatic carbocycles. The summed E-state index contributed by atoms with van der Waals surface area (Å²) in [5.41, 5.74) is -0.115. The molecule has 21 heavy (non-hydrogen) atoms. The molecule has 2 fully saturated rings. The second kappa shape index (κ2) is 4.99. The largest absolute Gasteiger partial charge is 0.404 e. The van der Waals surface area contributed by atoms with Crippen LogP contribution in [0.1, 0.15) is 33.6 Å². The molecule has 0 aromatic rings. The summed E-state index contributed by atoms with van der Waals surface area (Å²) in [5.74, 6) is -0.586. The fraction of sp³-hybridized carbons (Fsp3) is 0.800. The quantitative estimate of drug-likeness (QED) is 0.615. The van der Waals surface area contributed by atoms with Crippen molar-refractivity contribution in [3.05, 3.63) is 12.7 Å². The number of nitrogens with one attached hydrogen (secondary N) is 1. The molecule has 1 heterocycles. The van der Waals surface area contributed by atoms with Crippen LogP contribution in [0.4, 0.5) is 0 Å². The smallest absolute Gasteiger partial charge is 0.212 e. The Bertz CT molecular complexity index is 459. The number of rotatable bonds is 4. The van der Waals surface area contributed by atoms with Gasteiger partial charge >= 0.3 is 0 Å². The third kappa shape index (κ3) is 2.53. The first kappa shape index (κ1) is 16.8. The third-order valence-electron chi connectivity index (χ3n) is 5.17. The minimum Gasteiger partial charge on any atom is -0.404 e. The molecule has 1 aliphatic heterocycles. The third-order valence-corrected chi connectivity index (χ3v) is 9.68. The van der Waals surface area contributed by atoms with Gasteiger partial charge in [0.25, 0.3) is 0 Å². The highest BCUT2D eigenvalue weighted by Gasteiger charge is 2.66. The van der Waals surface area contributed by atoms with E-state index in [1.807, 2.05) is 0 Å². The Morgan fingerprint density at radius 1 is 1.57 bits per heavy atom. The number of fused-ring (bicyclic) bond motifs is 1. The van der Waals surface area contributed by atoms with Crippen molar-refractivity contribution in [3.8, 4) is 0 Å². The van der Waals surface area contributed by atoms with Crippen LogP contribution in [0.25, 0.3) is 0 Å². The van der Waals surface area contributed by atoms with Gasteiger partial charge in [-0.2, -0.15) is 5.48 Å². The molecule has 0 bridgehead atoms. The molecule has 0 aromatic heterocycles. The molecule has 1 saturated carbocycles. The van der Waals surface area contributed by atoms with Crippen molar-refractivity contribution in [1.82, 2.24) is 5.48 Å². The number of Topliss-reactive ketones (excluding diaryl/α,β-unsaturated/α-hetero) is 1. The SMILES string of the molecule is C=CCC1(O[Si](C)(C)C(C)(C)C)CC2CONC2(O)C1=O. The van der Waals surface area contributed by atoms with E-state index in [-0.39, 0.29) is 16.7 Å². The lowest BCUT2D eigenvalue weighted by Gasteiger charge is -2.43. The molecule has 120 valence electrons. The molecule has 2 aliphatic rings. The number of hydrogen-bond donors (Lipinski definition) is 2.